The predicted molar refractivity (Wildman–Crippen MR) is 95.0 cm³/mol. The molecular formula is C18H25N3O5. The molecule has 142 valence electrons. The molecule has 0 saturated carbocycles. The second-order valence-corrected chi connectivity index (χ2v) is 6.54. The van der Waals surface area contributed by atoms with E-state index in [2.05, 4.69) is 5.32 Å². The fourth-order valence-corrected chi connectivity index (χ4v) is 2.77. The Labute approximate surface area is 153 Å². The van der Waals surface area contributed by atoms with Crippen molar-refractivity contribution in [1.82, 2.24) is 15.1 Å². The van der Waals surface area contributed by atoms with Crippen molar-refractivity contribution in [3.05, 3.63) is 23.8 Å². The van der Waals surface area contributed by atoms with E-state index in [1.165, 1.54) is 0 Å². The van der Waals surface area contributed by atoms with Gasteiger partial charge in [-0.3, -0.25) is 14.5 Å². The molecule has 0 aromatic heterocycles. The maximum atomic E-state index is 12.6. The summed E-state index contributed by atoms with van der Waals surface area (Å²) >= 11 is 0. The van der Waals surface area contributed by atoms with Crippen LogP contribution in [0.25, 0.3) is 0 Å². The second kappa shape index (κ2) is 7.63. The van der Waals surface area contributed by atoms with Gasteiger partial charge in [0.25, 0.3) is 5.91 Å². The number of methoxy groups -OCH3 is 2. The Kier molecular flexibility index (Phi) is 5.74. The monoisotopic (exact) mass is 363 g/mol. The zero-order valence-electron chi connectivity index (χ0n) is 15.8. The van der Waals surface area contributed by atoms with Crippen LogP contribution in [0.5, 0.6) is 11.5 Å². The molecule has 1 N–H and O–H groups in total. The lowest BCUT2D eigenvalue weighted by Crippen LogP contribution is -2.44. The molecule has 1 aliphatic heterocycles. The summed E-state index contributed by atoms with van der Waals surface area (Å²) in [6.07, 6.45) is 0. The zero-order valence-corrected chi connectivity index (χ0v) is 15.8. The zero-order chi connectivity index (χ0) is 19.5. The van der Waals surface area contributed by atoms with Crippen LogP contribution >= 0.6 is 0 Å². The standard InChI is InChI=1S/C18H25N3O5/c1-6-20(10-12-7-8-13(25-4)14(9-12)26-5)15(22)11-21-16(23)18(2,3)19-17(21)24/h7-9H,6,10-11H2,1-5H3,(H,19,24). The molecule has 1 aromatic rings. The summed E-state index contributed by atoms with van der Waals surface area (Å²) in [5.41, 5.74) is -0.132. The van der Waals surface area contributed by atoms with Gasteiger partial charge in [0.15, 0.2) is 11.5 Å². The van der Waals surface area contributed by atoms with Crippen LogP contribution in [-0.4, -0.2) is 60.5 Å². The average molecular weight is 363 g/mol. The van der Waals surface area contributed by atoms with Crippen LogP contribution in [0, 0.1) is 0 Å². The van der Waals surface area contributed by atoms with Crippen LogP contribution < -0.4 is 14.8 Å². The normalized spacial score (nSPS) is 15.7. The number of carbonyl (C=O) groups is 3. The van der Waals surface area contributed by atoms with Gasteiger partial charge < -0.3 is 19.7 Å². The number of urea groups is 1. The van der Waals surface area contributed by atoms with Crippen LogP contribution in [0.3, 0.4) is 0 Å². The number of carbonyl (C=O) groups excluding carboxylic acids is 3. The van der Waals surface area contributed by atoms with Crippen molar-refractivity contribution in [3.8, 4) is 11.5 Å². The Morgan fingerprint density at radius 3 is 2.35 bits per heavy atom. The molecule has 0 aliphatic carbocycles. The van der Waals surface area contributed by atoms with E-state index in [1.54, 1.807) is 45.1 Å². The van der Waals surface area contributed by atoms with E-state index < -0.39 is 17.5 Å². The maximum Gasteiger partial charge on any atom is 0.325 e. The van der Waals surface area contributed by atoms with E-state index >= 15 is 0 Å². The van der Waals surface area contributed by atoms with Gasteiger partial charge in [-0.1, -0.05) is 6.07 Å². The molecular weight excluding hydrogens is 338 g/mol. The average Bonchev–Trinajstić information content (AvgIpc) is 2.80. The van der Waals surface area contributed by atoms with Gasteiger partial charge in [-0.05, 0) is 38.5 Å². The summed E-state index contributed by atoms with van der Waals surface area (Å²) in [5, 5.41) is 2.57. The number of hydrogen-bond acceptors (Lipinski definition) is 5. The lowest BCUT2D eigenvalue weighted by molar-refractivity contribution is -0.138. The highest BCUT2D eigenvalue weighted by Crippen LogP contribution is 2.28. The van der Waals surface area contributed by atoms with Crippen molar-refractivity contribution in [3.63, 3.8) is 0 Å². The third kappa shape index (κ3) is 3.89. The van der Waals surface area contributed by atoms with Crippen LogP contribution in [0.2, 0.25) is 0 Å². The summed E-state index contributed by atoms with van der Waals surface area (Å²) < 4.78 is 10.5. The molecule has 26 heavy (non-hydrogen) atoms. The first-order valence-electron chi connectivity index (χ1n) is 8.36. The molecule has 1 fully saturated rings. The van der Waals surface area contributed by atoms with Crippen LogP contribution in [-0.2, 0) is 16.1 Å². The van der Waals surface area contributed by atoms with Gasteiger partial charge in [-0.25, -0.2) is 4.79 Å². The number of amides is 4. The summed E-state index contributed by atoms with van der Waals surface area (Å²) in [6.45, 7) is 5.56. The number of nitrogens with one attached hydrogen (secondary N) is 1. The number of likely N-dealkylation sites (N-methyl/N-ethyl adjacent to an activating group) is 1. The van der Waals surface area contributed by atoms with Crippen molar-refractivity contribution >= 4 is 17.8 Å². The van der Waals surface area contributed by atoms with E-state index in [-0.39, 0.29) is 12.5 Å². The highest BCUT2D eigenvalue weighted by molar-refractivity contribution is 6.08. The Hall–Kier alpha value is -2.77. The fraction of sp³-hybridized carbons (Fsp3) is 0.500. The molecule has 1 heterocycles. The first kappa shape index (κ1) is 19.6. The van der Waals surface area contributed by atoms with Gasteiger partial charge >= 0.3 is 6.03 Å². The molecule has 8 nitrogen and oxygen atoms in total. The van der Waals surface area contributed by atoms with Crippen molar-refractivity contribution in [2.24, 2.45) is 0 Å². The SMILES string of the molecule is CCN(Cc1ccc(OC)c(OC)c1)C(=O)CN1C(=O)NC(C)(C)C1=O. The van der Waals surface area contributed by atoms with Crippen LogP contribution in [0.15, 0.2) is 18.2 Å². The van der Waals surface area contributed by atoms with E-state index in [1.807, 2.05) is 13.0 Å². The highest BCUT2D eigenvalue weighted by Gasteiger charge is 2.45. The van der Waals surface area contributed by atoms with Crippen LogP contribution in [0.1, 0.15) is 26.3 Å². The van der Waals surface area contributed by atoms with E-state index in [0.717, 1.165) is 10.5 Å². The van der Waals surface area contributed by atoms with Crippen molar-refractivity contribution in [2.75, 3.05) is 27.3 Å². The van der Waals surface area contributed by atoms with Gasteiger partial charge in [0.2, 0.25) is 5.91 Å². The van der Waals surface area contributed by atoms with E-state index in [4.69, 9.17) is 9.47 Å². The Bertz CT molecular complexity index is 717. The maximum absolute atomic E-state index is 12.6. The van der Waals surface area contributed by atoms with Crippen molar-refractivity contribution in [1.29, 1.82) is 0 Å². The lowest BCUT2D eigenvalue weighted by Gasteiger charge is -2.24. The Morgan fingerprint density at radius 1 is 1.19 bits per heavy atom. The second-order valence-electron chi connectivity index (χ2n) is 6.54. The van der Waals surface area contributed by atoms with E-state index in [0.29, 0.717) is 24.6 Å². The first-order valence-corrected chi connectivity index (χ1v) is 8.36. The minimum atomic E-state index is -0.988. The molecule has 1 saturated heterocycles. The quantitative estimate of drug-likeness (QED) is 0.740. The van der Waals surface area contributed by atoms with Gasteiger partial charge in [-0.15, -0.1) is 0 Å². The number of rotatable bonds is 7. The molecule has 2 rings (SSSR count). The molecule has 0 bridgehead atoms. The number of nitrogens with zero attached hydrogens (tertiary/aromatic N) is 2. The van der Waals surface area contributed by atoms with Gasteiger partial charge in [-0.2, -0.15) is 0 Å². The number of hydrogen-bond donors (Lipinski definition) is 1. The summed E-state index contributed by atoms with van der Waals surface area (Å²) in [4.78, 5) is 39.3. The Morgan fingerprint density at radius 2 is 1.85 bits per heavy atom. The molecule has 1 aliphatic rings. The van der Waals surface area contributed by atoms with Gasteiger partial charge in [0.05, 0.1) is 14.2 Å². The highest BCUT2D eigenvalue weighted by atomic mass is 16.5. The Balaban J connectivity index is 2.10. The minimum Gasteiger partial charge on any atom is -0.493 e. The lowest BCUT2D eigenvalue weighted by atomic mass is 10.1. The first-order chi connectivity index (χ1) is 12.2. The number of imide groups is 1. The largest absolute Gasteiger partial charge is 0.493 e. The van der Waals surface area contributed by atoms with Gasteiger partial charge in [0.1, 0.15) is 12.1 Å². The molecule has 1 aromatic carbocycles. The molecule has 8 heteroatoms. The number of benzene rings is 1. The van der Waals surface area contributed by atoms with Crippen molar-refractivity contribution < 1.29 is 23.9 Å². The number of ether oxygens (including phenoxy) is 2. The third-order valence-corrected chi connectivity index (χ3v) is 4.29. The van der Waals surface area contributed by atoms with Crippen molar-refractivity contribution in [2.45, 2.75) is 32.9 Å². The van der Waals surface area contributed by atoms with Gasteiger partial charge in [0, 0.05) is 13.1 Å². The van der Waals surface area contributed by atoms with Crippen LogP contribution in [0.4, 0.5) is 4.79 Å². The van der Waals surface area contributed by atoms with E-state index in [9.17, 15) is 14.4 Å². The smallest absolute Gasteiger partial charge is 0.325 e. The summed E-state index contributed by atoms with van der Waals surface area (Å²) in [5.74, 6) is 0.470. The topological polar surface area (TPSA) is 88.2 Å². The minimum absolute atomic E-state index is 0.283. The molecule has 0 spiro atoms. The predicted octanol–water partition coefficient (Wildman–Crippen LogP) is 1.38. The molecule has 0 atom stereocenters. The summed E-state index contributed by atoms with van der Waals surface area (Å²) in [7, 11) is 3.10. The third-order valence-electron chi connectivity index (χ3n) is 4.29. The molecule has 0 unspecified atom stereocenters. The summed E-state index contributed by atoms with van der Waals surface area (Å²) in [6, 6.07) is 4.86. The molecule has 4 amide bonds. The fourth-order valence-electron chi connectivity index (χ4n) is 2.77. The molecule has 0 radical (unpaired) electrons.